The van der Waals surface area contributed by atoms with E-state index in [0.717, 1.165) is 5.56 Å². The van der Waals surface area contributed by atoms with Crippen molar-refractivity contribution >= 4 is 17.5 Å². The number of nitrogens with one attached hydrogen (secondary N) is 1. The first-order chi connectivity index (χ1) is 9.41. The fourth-order valence-electron chi connectivity index (χ4n) is 1.87. The number of hydrogen-bond donors (Lipinski definition) is 1. The Morgan fingerprint density at radius 3 is 2.75 bits per heavy atom. The van der Waals surface area contributed by atoms with Crippen LogP contribution in [0.4, 0.5) is 0 Å². The highest BCUT2D eigenvalue weighted by molar-refractivity contribution is 6.31. The first kappa shape index (κ1) is 16.5. The van der Waals surface area contributed by atoms with Crippen molar-refractivity contribution in [3.8, 4) is 6.07 Å². The monoisotopic (exact) mass is 294 g/mol. The van der Waals surface area contributed by atoms with Gasteiger partial charge in [0.25, 0.3) is 0 Å². The zero-order chi connectivity index (χ0) is 15.2. The van der Waals surface area contributed by atoms with Crippen LogP contribution in [0.2, 0.25) is 5.02 Å². The van der Waals surface area contributed by atoms with Crippen molar-refractivity contribution in [2.75, 3.05) is 13.7 Å². The Morgan fingerprint density at radius 2 is 2.20 bits per heavy atom. The number of ether oxygens (including phenoxy) is 1. The maximum atomic E-state index is 12.1. The summed E-state index contributed by atoms with van der Waals surface area (Å²) in [4.78, 5) is 12.1. The van der Waals surface area contributed by atoms with Crippen LogP contribution in [0.5, 0.6) is 0 Å². The quantitative estimate of drug-likeness (QED) is 0.877. The van der Waals surface area contributed by atoms with E-state index < -0.39 is 5.54 Å². The van der Waals surface area contributed by atoms with Crippen molar-refractivity contribution in [3.05, 3.63) is 34.9 Å². The largest absolute Gasteiger partial charge is 0.381 e. The first-order valence-corrected chi connectivity index (χ1v) is 6.75. The molecule has 0 unspecified atom stereocenters. The van der Waals surface area contributed by atoms with E-state index in [2.05, 4.69) is 11.4 Å². The predicted molar refractivity (Wildman–Crippen MR) is 78.4 cm³/mol. The molecule has 0 fully saturated rings. The molecule has 1 N–H and O–H groups in total. The summed E-state index contributed by atoms with van der Waals surface area (Å²) in [6, 6.07) is 9.48. The van der Waals surface area contributed by atoms with Gasteiger partial charge in [-0.3, -0.25) is 4.79 Å². The molecule has 2 atom stereocenters. The number of halogens is 1. The highest BCUT2D eigenvalue weighted by Gasteiger charge is 2.28. The molecule has 1 amide bonds. The molecule has 4 nitrogen and oxygen atoms in total. The first-order valence-electron chi connectivity index (χ1n) is 6.37. The molecule has 0 bridgehead atoms. The predicted octanol–water partition coefficient (Wildman–Crippen LogP) is 2.56. The number of nitrogens with zero attached hydrogens (tertiary/aromatic N) is 1. The van der Waals surface area contributed by atoms with E-state index >= 15 is 0 Å². The van der Waals surface area contributed by atoms with Gasteiger partial charge in [-0.05, 0) is 25.0 Å². The van der Waals surface area contributed by atoms with Gasteiger partial charge < -0.3 is 10.1 Å². The fourth-order valence-corrected chi connectivity index (χ4v) is 2.08. The van der Waals surface area contributed by atoms with Crippen molar-refractivity contribution in [1.29, 1.82) is 5.26 Å². The van der Waals surface area contributed by atoms with Crippen LogP contribution in [-0.4, -0.2) is 25.2 Å². The Labute approximate surface area is 124 Å². The summed E-state index contributed by atoms with van der Waals surface area (Å²) in [5, 5.41) is 12.5. The molecular formula is C15H19ClN2O2. The van der Waals surface area contributed by atoms with E-state index in [1.807, 2.05) is 25.1 Å². The molecule has 108 valence electrons. The van der Waals surface area contributed by atoms with Gasteiger partial charge in [-0.1, -0.05) is 36.7 Å². The van der Waals surface area contributed by atoms with Crippen LogP contribution < -0.4 is 5.32 Å². The third-order valence-corrected chi connectivity index (χ3v) is 3.38. The maximum Gasteiger partial charge on any atom is 0.224 e. The highest BCUT2D eigenvalue weighted by atomic mass is 35.5. The van der Waals surface area contributed by atoms with Gasteiger partial charge in [0.2, 0.25) is 5.91 Å². The average Bonchev–Trinajstić information content (AvgIpc) is 2.41. The van der Waals surface area contributed by atoms with E-state index in [1.54, 1.807) is 13.0 Å². The lowest BCUT2D eigenvalue weighted by Crippen LogP contribution is -2.50. The number of carbonyl (C=O) groups is 1. The Hall–Kier alpha value is -1.57. The molecule has 0 heterocycles. The summed E-state index contributed by atoms with van der Waals surface area (Å²) in [6.07, 6.45) is 0.528. The van der Waals surface area contributed by atoms with Crippen LogP contribution >= 0.6 is 11.6 Å². The summed E-state index contributed by atoms with van der Waals surface area (Å²) < 4.78 is 4.96. The molecule has 0 aliphatic rings. The van der Waals surface area contributed by atoms with E-state index in [9.17, 15) is 4.79 Å². The Morgan fingerprint density at radius 1 is 1.55 bits per heavy atom. The number of methoxy groups -OCH3 is 1. The van der Waals surface area contributed by atoms with Gasteiger partial charge >= 0.3 is 0 Å². The number of amides is 1. The zero-order valence-corrected chi connectivity index (χ0v) is 12.7. The van der Waals surface area contributed by atoms with Crippen LogP contribution in [0.3, 0.4) is 0 Å². The molecule has 0 aliphatic heterocycles. The van der Waals surface area contributed by atoms with Gasteiger partial charge in [-0.15, -0.1) is 0 Å². The highest BCUT2D eigenvalue weighted by Crippen LogP contribution is 2.19. The lowest BCUT2D eigenvalue weighted by atomic mass is 9.98. The molecule has 1 aromatic carbocycles. The van der Waals surface area contributed by atoms with Crippen molar-refractivity contribution in [1.82, 2.24) is 5.32 Å². The van der Waals surface area contributed by atoms with E-state index in [-0.39, 0.29) is 18.4 Å². The van der Waals surface area contributed by atoms with Gasteiger partial charge in [0.1, 0.15) is 5.54 Å². The van der Waals surface area contributed by atoms with E-state index in [4.69, 9.17) is 21.6 Å². The molecule has 0 saturated carbocycles. The molecule has 1 aromatic rings. The van der Waals surface area contributed by atoms with Crippen molar-refractivity contribution in [2.45, 2.75) is 25.8 Å². The van der Waals surface area contributed by atoms with Gasteiger partial charge in [0.05, 0.1) is 12.7 Å². The van der Waals surface area contributed by atoms with Crippen LogP contribution in [0.1, 0.15) is 19.4 Å². The normalized spacial score (nSPS) is 14.9. The molecular weight excluding hydrogens is 276 g/mol. The topological polar surface area (TPSA) is 62.1 Å². The van der Waals surface area contributed by atoms with Crippen molar-refractivity contribution in [3.63, 3.8) is 0 Å². The zero-order valence-electron chi connectivity index (χ0n) is 11.9. The number of nitriles is 1. The van der Waals surface area contributed by atoms with Crippen LogP contribution in [-0.2, 0) is 16.0 Å². The lowest BCUT2D eigenvalue weighted by Gasteiger charge is -2.24. The van der Waals surface area contributed by atoms with Gasteiger partial charge in [-0.2, -0.15) is 5.26 Å². The Bertz CT molecular complexity index is 513. The molecule has 0 aromatic heterocycles. The fraction of sp³-hybridized carbons (Fsp3) is 0.467. The van der Waals surface area contributed by atoms with Crippen LogP contribution in [0, 0.1) is 17.2 Å². The van der Waals surface area contributed by atoms with Gasteiger partial charge in [-0.25, -0.2) is 0 Å². The third kappa shape index (κ3) is 4.52. The minimum absolute atomic E-state index is 0.147. The minimum atomic E-state index is -1.01. The molecule has 0 saturated heterocycles. The van der Waals surface area contributed by atoms with E-state index in [0.29, 0.717) is 11.4 Å². The molecule has 1 rings (SSSR count). The van der Waals surface area contributed by atoms with Crippen LogP contribution in [0.15, 0.2) is 24.3 Å². The SMILES string of the molecule is COC[C@](C)(C#N)NC(=O)[C@H](C)Cc1ccccc1Cl. The average molecular weight is 295 g/mol. The van der Waals surface area contributed by atoms with Crippen molar-refractivity contribution < 1.29 is 9.53 Å². The summed E-state index contributed by atoms with van der Waals surface area (Å²) in [6.45, 7) is 3.59. The number of rotatable bonds is 6. The standard InChI is InChI=1S/C15H19ClN2O2/c1-11(8-12-6-4-5-7-13(12)16)14(19)18-15(2,9-17)10-20-3/h4-7,11H,8,10H2,1-3H3,(H,18,19)/t11-,15+/m1/s1. The lowest BCUT2D eigenvalue weighted by molar-refractivity contribution is -0.126. The molecule has 0 radical (unpaired) electrons. The molecule has 20 heavy (non-hydrogen) atoms. The molecule has 0 spiro atoms. The Kier molecular flexibility index (Phi) is 6.00. The minimum Gasteiger partial charge on any atom is -0.381 e. The summed E-state index contributed by atoms with van der Waals surface area (Å²) in [5.74, 6) is -0.467. The van der Waals surface area contributed by atoms with Crippen LogP contribution in [0.25, 0.3) is 0 Å². The number of hydrogen-bond acceptors (Lipinski definition) is 3. The number of benzene rings is 1. The summed E-state index contributed by atoms with van der Waals surface area (Å²) >= 11 is 6.08. The molecule has 5 heteroatoms. The van der Waals surface area contributed by atoms with Gasteiger partial charge in [0, 0.05) is 18.1 Å². The smallest absolute Gasteiger partial charge is 0.224 e. The third-order valence-electron chi connectivity index (χ3n) is 3.01. The maximum absolute atomic E-state index is 12.1. The second-order valence-corrected chi connectivity index (χ2v) is 5.47. The number of carbonyl (C=O) groups excluding carboxylic acids is 1. The summed E-state index contributed by atoms with van der Waals surface area (Å²) in [7, 11) is 1.49. The van der Waals surface area contributed by atoms with E-state index in [1.165, 1.54) is 7.11 Å². The Balaban J connectivity index is 2.69. The van der Waals surface area contributed by atoms with Crippen molar-refractivity contribution in [2.24, 2.45) is 5.92 Å². The van der Waals surface area contributed by atoms with Gasteiger partial charge in [0.15, 0.2) is 0 Å². The second kappa shape index (κ2) is 7.28. The second-order valence-electron chi connectivity index (χ2n) is 5.06. The molecule has 0 aliphatic carbocycles. The summed E-state index contributed by atoms with van der Waals surface area (Å²) in [5.41, 5.74) is -0.0946.